The van der Waals surface area contributed by atoms with Crippen LogP contribution in [0.2, 0.25) is 0 Å². The summed E-state index contributed by atoms with van der Waals surface area (Å²) >= 11 is 0. The largest absolute Gasteiger partial charge is 0.368 e. The van der Waals surface area contributed by atoms with Gasteiger partial charge in [-0.05, 0) is 49.2 Å². The first-order valence-corrected chi connectivity index (χ1v) is 11.1. The maximum atomic E-state index is 12.4. The molecule has 33 heavy (non-hydrogen) atoms. The number of hydrogen-bond acceptors (Lipinski definition) is 6. The number of hydrogen-bond donors (Lipinski definition) is 2. The first-order chi connectivity index (χ1) is 16.0. The van der Waals surface area contributed by atoms with Gasteiger partial charge in [0.25, 0.3) is 11.5 Å². The summed E-state index contributed by atoms with van der Waals surface area (Å²) in [6.45, 7) is 8.44. The highest BCUT2D eigenvalue weighted by Gasteiger charge is 2.21. The number of nitrogens with one attached hydrogen (secondary N) is 2. The van der Waals surface area contributed by atoms with Gasteiger partial charge in [-0.3, -0.25) is 14.5 Å². The summed E-state index contributed by atoms with van der Waals surface area (Å²) in [6.07, 6.45) is 1.65. The van der Waals surface area contributed by atoms with Crippen LogP contribution in [0.3, 0.4) is 0 Å². The maximum absolute atomic E-state index is 12.4. The van der Waals surface area contributed by atoms with Gasteiger partial charge in [0.15, 0.2) is 0 Å². The van der Waals surface area contributed by atoms with Gasteiger partial charge >= 0.3 is 0 Å². The van der Waals surface area contributed by atoms with Crippen LogP contribution in [0.4, 0.5) is 5.69 Å². The van der Waals surface area contributed by atoms with Crippen LogP contribution < -0.4 is 15.8 Å². The first-order valence-electron chi connectivity index (χ1n) is 11.1. The third-order valence-electron chi connectivity index (χ3n) is 6.52. The third kappa shape index (κ3) is 3.74. The fourth-order valence-corrected chi connectivity index (χ4v) is 4.62. The van der Waals surface area contributed by atoms with Gasteiger partial charge in [0.2, 0.25) is 0 Å². The van der Waals surface area contributed by atoms with Crippen molar-refractivity contribution in [2.45, 2.75) is 20.4 Å². The van der Waals surface area contributed by atoms with Crippen molar-refractivity contribution in [1.82, 2.24) is 29.8 Å². The molecule has 170 valence electrons. The Bertz CT molecular complexity index is 1410. The summed E-state index contributed by atoms with van der Waals surface area (Å²) in [6, 6.07) is 9.66. The molecule has 1 fully saturated rings. The van der Waals surface area contributed by atoms with Gasteiger partial charge in [-0.15, -0.1) is 0 Å². The molecular formula is C24H27N7O2. The zero-order valence-corrected chi connectivity index (χ0v) is 19.1. The van der Waals surface area contributed by atoms with Crippen molar-refractivity contribution >= 4 is 28.1 Å². The first kappa shape index (κ1) is 21.1. The quantitative estimate of drug-likeness (QED) is 0.498. The monoisotopic (exact) mass is 445 g/mol. The molecule has 5 rings (SSSR count). The van der Waals surface area contributed by atoms with Crippen molar-refractivity contribution in [3.63, 3.8) is 0 Å². The highest BCUT2D eigenvalue weighted by molar-refractivity contribution is 5.92. The van der Waals surface area contributed by atoms with Gasteiger partial charge in [-0.1, -0.05) is 6.07 Å². The van der Waals surface area contributed by atoms with E-state index in [1.165, 1.54) is 5.56 Å². The van der Waals surface area contributed by atoms with Crippen molar-refractivity contribution < 1.29 is 4.79 Å². The molecule has 1 saturated heterocycles. The van der Waals surface area contributed by atoms with E-state index in [4.69, 9.17) is 0 Å². The summed E-state index contributed by atoms with van der Waals surface area (Å²) in [5.41, 5.74) is 6.83. The van der Waals surface area contributed by atoms with E-state index in [0.717, 1.165) is 60.7 Å². The van der Waals surface area contributed by atoms with Gasteiger partial charge < -0.3 is 15.2 Å². The molecule has 1 aliphatic rings. The van der Waals surface area contributed by atoms with E-state index in [1.807, 2.05) is 19.1 Å². The number of benzene rings is 1. The van der Waals surface area contributed by atoms with E-state index in [-0.39, 0.29) is 11.5 Å². The fourth-order valence-electron chi connectivity index (χ4n) is 4.62. The van der Waals surface area contributed by atoms with E-state index in [9.17, 15) is 9.59 Å². The van der Waals surface area contributed by atoms with E-state index >= 15 is 0 Å². The number of aryl methyl sites for hydroxylation is 2. The molecule has 4 aromatic rings. The van der Waals surface area contributed by atoms with Crippen LogP contribution in [-0.2, 0) is 6.54 Å². The lowest BCUT2D eigenvalue weighted by atomic mass is 10.1. The van der Waals surface area contributed by atoms with Crippen LogP contribution in [0.25, 0.3) is 16.6 Å². The molecule has 1 amide bonds. The average molecular weight is 446 g/mol. The summed E-state index contributed by atoms with van der Waals surface area (Å²) < 4.78 is 1.70. The second kappa shape index (κ2) is 8.32. The molecule has 0 unspecified atom stereocenters. The van der Waals surface area contributed by atoms with Crippen LogP contribution in [0, 0.1) is 13.8 Å². The molecule has 2 N–H and O–H groups in total. The molecule has 1 aliphatic heterocycles. The van der Waals surface area contributed by atoms with Crippen LogP contribution in [0.5, 0.6) is 0 Å². The van der Waals surface area contributed by atoms with Gasteiger partial charge in [0.05, 0.1) is 28.6 Å². The normalized spacial score (nSPS) is 14.8. The van der Waals surface area contributed by atoms with Crippen molar-refractivity contribution in [2.24, 2.45) is 0 Å². The SMILES string of the molecule is CNC(=O)c1ccc(N2CCN(Cc3ccc4c([nH]c(=O)c5ccnn54)c3C)CC2)c(C)n1. The van der Waals surface area contributed by atoms with E-state index < -0.39 is 0 Å². The smallest absolute Gasteiger partial charge is 0.274 e. The lowest BCUT2D eigenvalue weighted by Gasteiger charge is -2.36. The molecule has 3 aromatic heterocycles. The standard InChI is InChI=1S/C24H27N7O2/c1-15-17(4-6-20-22(15)28-24(33)21-8-9-26-31(20)21)14-29-10-12-30(13-11-29)19-7-5-18(23(32)25-3)27-16(19)2/h4-9H,10-14H2,1-3H3,(H,25,32)(H,28,33). The number of carbonyl (C=O) groups excluding carboxylic acids is 1. The number of fused-ring (bicyclic) bond motifs is 3. The molecule has 1 aromatic carbocycles. The number of rotatable bonds is 4. The Labute approximate surface area is 191 Å². The zero-order valence-electron chi connectivity index (χ0n) is 19.1. The van der Waals surface area contributed by atoms with Crippen molar-refractivity contribution in [3.8, 4) is 0 Å². The number of aromatic nitrogens is 4. The second-order valence-electron chi connectivity index (χ2n) is 8.47. The lowest BCUT2D eigenvalue weighted by Crippen LogP contribution is -2.46. The Hall–Kier alpha value is -3.72. The number of nitrogens with zero attached hydrogens (tertiary/aromatic N) is 5. The summed E-state index contributed by atoms with van der Waals surface area (Å²) in [4.78, 5) is 36.5. The second-order valence-corrected chi connectivity index (χ2v) is 8.47. The number of aromatic amines is 1. The summed E-state index contributed by atoms with van der Waals surface area (Å²) in [5, 5.41) is 6.93. The molecule has 0 bridgehead atoms. The molecule has 9 heteroatoms. The number of carbonyl (C=O) groups is 1. The number of amides is 1. The lowest BCUT2D eigenvalue weighted by molar-refractivity contribution is 0.0958. The molecular weight excluding hydrogens is 418 g/mol. The number of piperazine rings is 1. The highest BCUT2D eigenvalue weighted by Crippen LogP contribution is 2.24. The van der Waals surface area contributed by atoms with Crippen molar-refractivity contribution in [1.29, 1.82) is 0 Å². The topological polar surface area (TPSA) is 98.6 Å². The van der Waals surface area contributed by atoms with Crippen LogP contribution >= 0.6 is 0 Å². The summed E-state index contributed by atoms with van der Waals surface area (Å²) in [7, 11) is 1.61. The number of anilines is 1. The Morgan fingerprint density at radius 3 is 2.58 bits per heavy atom. The van der Waals surface area contributed by atoms with Gasteiger partial charge in [-0.2, -0.15) is 5.10 Å². The molecule has 0 saturated carbocycles. The minimum atomic E-state index is -0.171. The number of pyridine rings is 1. The molecule has 0 aliphatic carbocycles. The van der Waals surface area contributed by atoms with E-state index in [1.54, 1.807) is 29.9 Å². The highest BCUT2D eigenvalue weighted by atomic mass is 16.1. The Kier molecular flexibility index (Phi) is 5.33. The molecule has 0 radical (unpaired) electrons. The molecule has 4 heterocycles. The molecule has 0 atom stereocenters. The van der Waals surface area contributed by atoms with Gasteiger partial charge in [-0.25, -0.2) is 9.50 Å². The van der Waals surface area contributed by atoms with E-state index in [0.29, 0.717) is 11.2 Å². The molecule has 0 spiro atoms. The Balaban J connectivity index is 1.31. The maximum Gasteiger partial charge on any atom is 0.274 e. The van der Waals surface area contributed by atoms with Gasteiger partial charge in [0, 0.05) is 39.8 Å². The fraction of sp³-hybridized carbons (Fsp3) is 0.333. The predicted octanol–water partition coefficient (Wildman–Crippen LogP) is 1.87. The van der Waals surface area contributed by atoms with Crippen LogP contribution in [-0.4, -0.2) is 63.6 Å². The zero-order chi connectivity index (χ0) is 23.1. The van der Waals surface area contributed by atoms with Crippen molar-refractivity contribution in [2.75, 3.05) is 38.1 Å². The van der Waals surface area contributed by atoms with Crippen molar-refractivity contribution in [3.05, 3.63) is 69.4 Å². The number of H-pyrrole nitrogens is 1. The Morgan fingerprint density at radius 1 is 1.06 bits per heavy atom. The minimum Gasteiger partial charge on any atom is -0.368 e. The summed E-state index contributed by atoms with van der Waals surface area (Å²) in [5.74, 6) is -0.171. The van der Waals surface area contributed by atoms with Crippen LogP contribution in [0.15, 0.2) is 41.3 Å². The third-order valence-corrected chi connectivity index (χ3v) is 6.52. The predicted molar refractivity (Wildman–Crippen MR) is 128 cm³/mol. The molecule has 9 nitrogen and oxygen atoms in total. The average Bonchev–Trinajstić information content (AvgIpc) is 3.32. The van der Waals surface area contributed by atoms with Gasteiger partial charge in [0.1, 0.15) is 11.2 Å². The Morgan fingerprint density at radius 2 is 1.85 bits per heavy atom. The van der Waals surface area contributed by atoms with E-state index in [2.05, 4.69) is 43.2 Å². The minimum absolute atomic E-state index is 0.125. The van der Waals surface area contributed by atoms with Crippen LogP contribution in [0.1, 0.15) is 27.3 Å².